The molecule has 0 bridgehead atoms. The Bertz CT molecular complexity index is 1890. The topological polar surface area (TPSA) is 192 Å². The number of nitrogens with two attached hydrogens (primary N) is 1. The fraction of sp³-hybridized carbons (Fsp3) is 0.474. The van der Waals surface area contributed by atoms with Gasteiger partial charge in [-0.15, -0.1) is 0 Å². The Balaban J connectivity index is 1.15. The minimum Gasteiger partial charge on any atom is -0.507 e. The van der Waals surface area contributed by atoms with Crippen LogP contribution in [0.5, 0.6) is 11.5 Å². The molecule has 2 aliphatic heterocycles. The Morgan fingerprint density at radius 2 is 1.89 bits per heavy atom. The van der Waals surface area contributed by atoms with Gasteiger partial charge in [0.1, 0.15) is 22.8 Å². The lowest BCUT2D eigenvalue weighted by atomic mass is 9.74. The molecule has 53 heavy (non-hydrogen) atoms. The van der Waals surface area contributed by atoms with Crippen LogP contribution >= 0.6 is 21.6 Å². The number of phenolic OH excluding ortho intramolecular Hbond substituents is 2. The number of carbonyl (C=O) groups excluding carboxylic acids is 3. The van der Waals surface area contributed by atoms with Crippen molar-refractivity contribution in [3.63, 3.8) is 0 Å². The van der Waals surface area contributed by atoms with Crippen LogP contribution in [0, 0.1) is 5.92 Å². The van der Waals surface area contributed by atoms with Gasteiger partial charge in [-0.05, 0) is 69.0 Å². The molecule has 3 aromatic rings. The van der Waals surface area contributed by atoms with Crippen LogP contribution in [0.15, 0.2) is 47.6 Å². The van der Waals surface area contributed by atoms with E-state index in [2.05, 4.69) is 15.6 Å². The number of hydrogen-bond acceptors (Lipinski definition) is 14. The predicted octanol–water partition coefficient (Wildman–Crippen LogP) is 4.66. The van der Waals surface area contributed by atoms with E-state index in [0.29, 0.717) is 39.1 Å². The molecule has 1 amide bonds. The smallest absolute Gasteiger partial charge is 0.223 e. The molecule has 15 heteroatoms. The third kappa shape index (κ3) is 7.79. The van der Waals surface area contributed by atoms with Gasteiger partial charge < -0.3 is 40.2 Å². The normalized spacial score (nSPS) is 25.6. The average molecular weight is 765 g/mol. The van der Waals surface area contributed by atoms with Crippen molar-refractivity contribution in [1.29, 1.82) is 0 Å². The average Bonchev–Trinajstić information content (AvgIpc) is 3.15. The Kier molecular flexibility index (Phi) is 11.1. The van der Waals surface area contributed by atoms with E-state index in [-0.39, 0.29) is 81.0 Å². The number of aromatic nitrogens is 1. The summed E-state index contributed by atoms with van der Waals surface area (Å²) in [6.07, 6.45) is 0.389. The number of amides is 1. The quantitative estimate of drug-likeness (QED) is 0.0851. The number of benzene rings is 2. The maximum Gasteiger partial charge on any atom is 0.223 e. The highest BCUT2D eigenvalue weighted by Crippen LogP contribution is 2.51. The second-order valence-electron chi connectivity index (χ2n) is 14.4. The molecule has 3 unspecified atom stereocenters. The highest BCUT2D eigenvalue weighted by Gasteiger charge is 2.45. The van der Waals surface area contributed by atoms with Gasteiger partial charge in [-0.1, -0.05) is 29.0 Å². The summed E-state index contributed by atoms with van der Waals surface area (Å²) < 4.78 is 24.2. The van der Waals surface area contributed by atoms with Gasteiger partial charge in [0.2, 0.25) is 5.91 Å². The van der Waals surface area contributed by atoms with E-state index in [1.54, 1.807) is 23.1 Å². The van der Waals surface area contributed by atoms with E-state index in [1.807, 2.05) is 39.0 Å². The predicted molar refractivity (Wildman–Crippen MR) is 199 cm³/mol. The van der Waals surface area contributed by atoms with E-state index in [1.165, 1.54) is 22.9 Å². The van der Waals surface area contributed by atoms with Gasteiger partial charge >= 0.3 is 0 Å². The molecule has 13 nitrogen and oxygen atoms in total. The van der Waals surface area contributed by atoms with Crippen molar-refractivity contribution in [2.45, 2.75) is 87.1 Å². The molecule has 2 aromatic carbocycles. The van der Waals surface area contributed by atoms with Crippen LogP contribution in [0.2, 0.25) is 0 Å². The molecule has 282 valence electrons. The lowest BCUT2D eigenvalue weighted by molar-refractivity contribution is -0.255. The van der Waals surface area contributed by atoms with Crippen LogP contribution in [0.1, 0.15) is 89.1 Å². The first-order valence-corrected chi connectivity index (χ1v) is 20.0. The summed E-state index contributed by atoms with van der Waals surface area (Å²) in [5.74, 6) is -3.21. The van der Waals surface area contributed by atoms with Crippen LogP contribution in [0.25, 0.3) is 0 Å². The molecule has 1 aromatic heterocycles. The second-order valence-corrected chi connectivity index (χ2v) is 17.2. The number of ketones is 2. The Hall–Kier alpha value is -3.70. The summed E-state index contributed by atoms with van der Waals surface area (Å²) in [6, 6.07) is 10.2. The maximum absolute atomic E-state index is 13.9. The van der Waals surface area contributed by atoms with Crippen LogP contribution in [-0.2, 0) is 30.2 Å². The SMILES string of the molecule is C[C@@H]1OC(O[C@H]2CC(C(=O)NCC(C)(C)SSc3ccccn3)Cc3c(O)c4c(c(O)c32)C(=O)c2c(N)cccc2C4=O)CC[C@@H]1OC1COCCN1. The summed E-state index contributed by atoms with van der Waals surface area (Å²) in [5.41, 5.74) is 5.94. The molecular weight excluding hydrogens is 721 g/mol. The fourth-order valence-corrected chi connectivity index (χ4v) is 9.43. The molecule has 3 heterocycles. The Morgan fingerprint density at radius 3 is 2.62 bits per heavy atom. The number of rotatable bonds is 10. The highest BCUT2D eigenvalue weighted by molar-refractivity contribution is 8.77. The highest BCUT2D eigenvalue weighted by atomic mass is 33.1. The summed E-state index contributed by atoms with van der Waals surface area (Å²) in [5, 5.41) is 30.9. The van der Waals surface area contributed by atoms with Crippen molar-refractivity contribution in [2.24, 2.45) is 5.92 Å². The van der Waals surface area contributed by atoms with Crippen LogP contribution in [0.3, 0.4) is 0 Å². The zero-order valence-corrected chi connectivity index (χ0v) is 31.4. The molecule has 2 aliphatic carbocycles. The summed E-state index contributed by atoms with van der Waals surface area (Å²) in [7, 11) is 3.11. The van der Waals surface area contributed by atoms with Crippen molar-refractivity contribution in [1.82, 2.24) is 15.6 Å². The molecule has 2 saturated heterocycles. The van der Waals surface area contributed by atoms with Crippen LogP contribution in [-0.4, -0.2) is 88.4 Å². The lowest BCUT2D eigenvalue weighted by Gasteiger charge is -2.40. The van der Waals surface area contributed by atoms with E-state index in [0.717, 1.165) is 5.03 Å². The van der Waals surface area contributed by atoms with E-state index in [4.69, 9.17) is 24.7 Å². The van der Waals surface area contributed by atoms with Gasteiger partial charge in [0.05, 0.1) is 48.2 Å². The number of phenols is 2. The van der Waals surface area contributed by atoms with Gasteiger partial charge in [-0.25, -0.2) is 4.98 Å². The first kappa shape index (κ1) is 37.6. The molecule has 6 atom stereocenters. The molecule has 4 aliphatic rings. The van der Waals surface area contributed by atoms with Crippen molar-refractivity contribution in [3.8, 4) is 11.5 Å². The molecule has 0 saturated carbocycles. The van der Waals surface area contributed by atoms with Crippen molar-refractivity contribution in [3.05, 3.63) is 76.0 Å². The second kappa shape index (κ2) is 15.6. The Labute approximate surface area is 315 Å². The van der Waals surface area contributed by atoms with Gasteiger partial charge in [-0.3, -0.25) is 19.7 Å². The van der Waals surface area contributed by atoms with Gasteiger partial charge in [-0.2, -0.15) is 0 Å². The number of carbonyl (C=O) groups is 3. The molecule has 6 N–H and O–H groups in total. The fourth-order valence-electron chi connectivity index (χ4n) is 7.35. The van der Waals surface area contributed by atoms with Gasteiger partial charge in [0.25, 0.3) is 0 Å². The van der Waals surface area contributed by atoms with Crippen LogP contribution in [0.4, 0.5) is 5.69 Å². The van der Waals surface area contributed by atoms with Gasteiger partial charge in [0.15, 0.2) is 17.9 Å². The molecule has 0 spiro atoms. The number of nitrogens with zero attached hydrogens (tertiary/aromatic N) is 1. The molecule has 2 fully saturated rings. The minimum atomic E-state index is -0.965. The first-order chi connectivity index (χ1) is 25.4. The number of morpholine rings is 1. The largest absolute Gasteiger partial charge is 0.507 e. The number of hydrogen-bond donors (Lipinski definition) is 5. The minimum absolute atomic E-state index is 0.00349. The van der Waals surface area contributed by atoms with Crippen molar-refractivity contribution in [2.75, 3.05) is 32.0 Å². The third-order valence-electron chi connectivity index (χ3n) is 10.1. The van der Waals surface area contributed by atoms with E-state index < -0.39 is 41.4 Å². The summed E-state index contributed by atoms with van der Waals surface area (Å²) in [4.78, 5) is 46.0. The number of fused-ring (bicyclic) bond motifs is 3. The molecule has 7 rings (SSSR count). The monoisotopic (exact) mass is 764 g/mol. The third-order valence-corrected chi connectivity index (χ3v) is 13.3. The number of nitrogens with one attached hydrogen (secondary N) is 2. The van der Waals surface area contributed by atoms with Crippen molar-refractivity contribution >= 4 is 44.7 Å². The van der Waals surface area contributed by atoms with Crippen molar-refractivity contribution < 1.29 is 43.5 Å². The Morgan fingerprint density at radius 1 is 1.08 bits per heavy atom. The maximum atomic E-state index is 13.9. The van der Waals surface area contributed by atoms with E-state index >= 15 is 0 Å². The van der Waals surface area contributed by atoms with Crippen LogP contribution < -0.4 is 16.4 Å². The zero-order valence-electron chi connectivity index (χ0n) is 29.8. The first-order valence-electron chi connectivity index (χ1n) is 17.8. The summed E-state index contributed by atoms with van der Waals surface area (Å²) >= 11 is 0. The van der Waals surface area contributed by atoms with Gasteiger partial charge in [0, 0.05) is 58.7 Å². The molecule has 0 radical (unpaired) electrons. The number of aromatic hydroxyl groups is 2. The standard InChI is InChI=1S/C38H44N4O9S2/c1-19-24(50-26-17-48-14-13-40-26)10-11-28(49-19)51-25-16-20(37(47)42-18-38(2,3)53-52-27-9-4-5-12-41-27)15-22-30(25)36(46)32-31(34(22)44)33(43)21-7-6-8-23(39)29(21)35(32)45/h4-9,12,19-20,24-26,28,40,44,46H,10-11,13-18,39H2,1-3H3,(H,42,47)/t19-,20?,24-,25-,26?,28?/m0/s1. The number of nitrogen functional groups attached to an aromatic ring is 1. The zero-order chi connectivity index (χ0) is 37.4. The molecular formula is C38H44N4O9S2. The van der Waals surface area contributed by atoms with E-state index in [9.17, 15) is 24.6 Å². The number of ether oxygens (including phenoxy) is 4. The number of anilines is 1. The summed E-state index contributed by atoms with van der Waals surface area (Å²) in [6.45, 7) is 8.04. The number of pyridine rings is 1. The lowest BCUT2D eigenvalue weighted by Crippen LogP contribution is -2.49.